The molecule has 156 valence electrons. The SMILES string of the molecule is CN(c1cccc(C(F)(F)F)c1)C1CCN(C(=O)COc2ccc(CO)cc2)C1. The lowest BCUT2D eigenvalue weighted by Gasteiger charge is -2.27. The van der Waals surface area contributed by atoms with E-state index in [1.807, 2.05) is 0 Å². The van der Waals surface area contributed by atoms with Crippen LogP contribution in [-0.4, -0.2) is 48.7 Å². The molecule has 0 radical (unpaired) electrons. The molecule has 1 fully saturated rings. The van der Waals surface area contributed by atoms with Gasteiger partial charge in [-0.05, 0) is 42.3 Å². The van der Waals surface area contributed by atoms with E-state index in [0.29, 0.717) is 30.9 Å². The van der Waals surface area contributed by atoms with E-state index in [4.69, 9.17) is 9.84 Å². The van der Waals surface area contributed by atoms with Crippen LogP contribution < -0.4 is 9.64 Å². The molecule has 1 N–H and O–H groups in total. The fourth-order valence-corrected chi connectivity index (χ4v) is 3.32. The minimum atomic E-state index is -4.39. The largest absolute Gasteiger partial charge is 0.484 e. The number of halogens is 3. The van der Waals surface area contributed by atoms with Crippen LogP contribution in [0.25, 0.3) is 0 Å². The maximum Gasteiger partial charge on any atom is 0.416 e. The van der Waals surface area contributed by atoms with Crippen molar-refractivity contribution in [1.29, 1.82) is 0 Å². The van der Waals surface area contributed by atoms with Crippen molar-refractivity contribution in [2.45, 2.75) is 25.2 Å². The van der Waals surface area contributed by atoms with Crippen LogP contribution in [0.2, 0.25) is 0 Å². The Bertz CT molecular complexity index is 840. The summed E-state index contributed by atoms with van der Waals surface area (Å²) in [5.74, 6) is 0.364. The van der Waals surface area contributed by atoms with Gasteiger partial charge in [0.05, 0.1) is 12.2 Å². The van der Waals surface area contributed by atoms with Crippen molar-refractivity contribution in [2.24, 2.45) is 0 Å². The lowest BCUT2D eigenvalue weighted by Crippen LogP contribution is -2.38. The summed E-state index contributed by atoms with van der Waals surface area (Å²) in [6.45, 7) is 0.782. The predicted octanol–water partition coefficient (Wildman–Crippen LogP) is 3.31. The highest BCUT2D eigenvalue weighted by molar-refractivity contribution is 5.78. The Hall–Kier alpha value is -2.74. The standard InChI is InChI=1S/C21H23F3N2O3/c1-25(17-4-2-3-16(11-17)21(22,23)24)18-9-10-26(12-18)20(28)14-29-19-7-5-15(13-27)6-8-19/h2-8,11,18,27H,9-10,12-14H2,1H3. The second kappa shape index (κ2) is 8.73. The van der Waals surface area contributed by atoms with Crippen molar-refractivity contribution in [3.63, 3.8) is 0 Å². The first-order valence-electron chi connectivity index (χ1n) is 9.28. The molecule has 1 atom stereocenters. The van der Waals surface area contributed by atoms with E-state index in [2.05, 4.69) is 0 Å². The number of rotatable bonds is 6. The minimum absolute atomic E-state index is 0.0617. The zero-order valence-corrected chi connectivity index (χ0v) is 16.0. The Balaban J connectivity index is 1.55. The monoisotopic (exact) mass is 408 g/mol. The van der Waals surface area contributed by atoms with E-state index in [-0.39, 0.29) is 25.2 Å². The van der Waals surface area contributed by atoms with Crippen molar-refractivity contribution in [1.82, 2.24) is 4.90 Å². The number of carbonyl (C=O) groups is 1. The highest BCUT2D eigenvalue weighted by Crippen LogP contribution is 2.32. The van der Waals surface area contributed by atoms with E-state index < -0.39 is 11.7 Å². The van der Waals surface area contributed by atoms with Crippen molar-refractivity contribution in [3.05, 3.63) is 59.7 Å². The molecule has 3 rings (SSSR count). The minimum Gasteiger partial charge on any atom is -0.484 e. The predicted molar refractivity (Wildman–Crippen MR) is 103 cm³/mol. The van der Waals surface area contributed by atoms with Crippen LogP contribution in [0.1, 0.15) is 17.5 Å². The Morgan fingerprint density at radius 3 is 2.62 bits per heavy atom. The fourth-order valence-electron chi connectivity index (χ4n) is 3.32. The third-order valence-corrected chi connectivity index (χ3v) is 5.11. The third-order valence-electron chi connectivity index (χ3n) is 5.11. The van der Waals surface area contributed by atoms with Crippen LogP contribution in [0, 0.1) is 0 Å². The molecule has 1 saturated heterocycles. The molecule has 0 spiro atoms. The molecule has 1 unspecified atom stereocenters. The maximum absolute atomic E-state index is 12.9. The van der Waals surface area contributed by atoms with E-state index in [1.165, 1.54) is 6.07 Å². The Morgan fingerprint density at radius 2 is 1.97 bits per heavy atom. The van der Waals surface area contributed by atoms with Crippen LogP contribution in [0.4, 0.5) is 18.9 Å². The van der Waals surface area contributed by atoms with E-state index in [9.17, 15) is 18.0 Å². The van der Waals surface area contributed by atoms with E-state index in [0.717, 1.165) is 17.7 Å². The van der Waals surface area contributed by atoms with Gasteiger partial charge in [-0.3, -0.25) is 4.79 Å². The molecular formula is C21H23F3N2O3. The molecule has 0 aliphatic carbocycles. The lowest BCUT2D eigenvalue weighted by molar-refractivity contribution is -0.137. The number of benzene rings is 2. The number of carbonyl (C=O) groups excluding carboxylic acids is 1. The van der Waals surface area contributed by atoms with Crippen LogP contribution in [0.15, 0.2) is 48.5 Å². The van der Waals surface area contributed by atoms with Crippen molar-refractivity contribution in [2.75, 3.05) is 31.6 Å². The number of likely N-dealkylation sites (N-methyl/N-ethyl adjacent to an activating group) is 1. The number of anilines is 1. The maximum atomic E-state index is 12.9. The number of hydrogen-bond acceptors (Lipinski definition) is 4. The van der Waals surface area contributed by atoms with Gasteiger partial charge in [0.2, 0.25) is 0 Å². The van der Waals surface area contributed by atoms with Crippen molar-refractivity contribution >= 4 is 11.6 Å². The Labute approximate surface area is 167 Å². The smallest absolute Gasteiger partial charge is 0.416 e. The van der Waals surface area contributed by atoms with Gasteiger partial charge >= 0.3 is 6.18 Å². The van der Waals surface area contributed by atoms with Gasteiger partial charge in [0.15, 0.2) is 6.61 Å². The number of aliphatic hydroxyl groups is 1. The molecule has 0 bridgehead atoms. The first kappa shape index (κ1) is 21.0. The third kappa shape index (κ3) is 5.20. The summed E-state index contributed by atoms with van der Waals surface area (Å²) in [5, 5.41) is 9.04. The molecule has 1 heterocycles. The van der Waals surface area contributed by atoms with Crippen LogP contribution in [0.3, 0.4) is 0 Å². The highest BCUT2D eigenvalue weighted by atomic mass is 19.4. The van der Waals surface area contributed by atoms with Gasteiger partial charge in [-0.1, -0.05) is 18.2 Å². The average molecular weight is 408 g/mol. The Kier molecular flexibility index (Phi) is 6.32. The molecule has 1 aliphatic heterocycles. The van der Waals surface area contributed by atoms with Gasteiger partial charge in [0.1, 0.15) is 5.75 Å². The second-order valence-corrected chi connectivity index (χ2v) is 7.03. The molecule has 29 heavy (non-hydrogen) atoms. The van der Waals surface area contributed by atoms with Crippen molar-refractivity contribution < 1.29 is 27.8 Å². The summed E-state index contributed by atoms with van der Waals surface area (Å²) in [6.07, 6.45) is -3.72. The molecule has 0 saturated carbocycles. The molecule has 2 aromatic carbocycles. The second-order valence-electron chi connectivity index (χ2n) is 7.03. The molecule has 5 nitrogen and oxygen atoms in total. The molecule has 0 aromatic heterocycles. The normalized spacial score (nSPS) is 16.7. The summed E-state index contributed by atoms with van der Waals surface area (Å²) in [4.78, 5) is 15.9. The first-order chi connectivity index (χ1) is 13.8. The first-order valence-corrected chi connectivity index (χ1v) is 9.28. The molecule has 1 amide bonds. The summed E-state index contributed by atoms with van der Waals surface area (Å²) in [7, 11) is 1.74. The van der Waals surface area contributed by atoms with Crippen LogP contribution >= 0.6 is 0 Å². The number of alkyl halides is 3. The van der Waals surface area contributed by atoms with Gasteiger partial charge in [-0.15, -0.1) is 0 Å². The summed E-state index contributed by atoms with van der Waals surface area (Å²) >= 11 is 0. The van der Waals surface area contributed by atoms with Crippen LogP contribution in [-0.2, 0) is 17.6 Å². The number of aliphatic hydroxyl groups excluding tert-OH is 1. The van der Waals surface area contributed by atoms with Crippen molar-refractivity contribution in [3.8, 4) is 5.75 Å². The number of likely N-dealkylation sites (tertiary alicyclic amines) is 1. The van der Waals surface area contributed by atoms with Gasteiger partial charge in [-0.2, -0.15) is 13.2 Å². The van der Waals surface area contributed by atoms with E-state index >= 15 is 0 Å². The van der Waals surface area contributed by atoms with Gasteiger partial charge in [-0.25, -0.2) is 0 Å². The summed E-state index contributed by atoms with van der Waals surface area (Å²) in [6, 6.07) is 12.0. The Morgan fingerprint density at radius 1 is 1.24 bits per heavy atom. The lowest BCUT2D eigenvalue weighted by atomic mass is 10.1. The zero-order valence-electron chi connectivity index (χ0n) is 16.0. The molecule has 2 aromatic rings. The summed E-state index contributed by atoms with van der Waals surface area (Å²) < 4.78 is 44.3. The fraction of sp³-hybridized carbons (Fsp3) is 0.381. The van der Waals surface area contributed by atoms with Gasteiger partial charge in [0, 0.05) is 31.9 Å². The van der Waals surface area contributed by atoms with Gasteiger partial charge < -0.3 is 19.6 Å². The number of hydrogen-bond donors (Lipinski definition) is 1. The zero-order chi connectivity index (χ0) is 21.0. The number of amides is 1. The topological polar surface area (TPSA) is 53.0 Å². The highest BCUT2D eigenvalue weighted by Gasteiger charge is 2.32. The summed E-state index contributed by atoms with van der Waals surface area (Å²) in [5.41, 5.74) is 0.538. The van der Waals surface area contributed by atoms with E-state index in [1.54, 1.807) is 47.2 Å². The molecule has 8 heteroatoms. The number of ether oxygens (including phenoxy) is 1. The quantitative estimate of drug-likeness (QED) is 0.797. The number of nitrogens with zero attached hydrogens (tertiary/aromatic N) is 2. The van der Waals surface area contributed by atoms with Gasteiger partial charge in [0.25, 0.3) is 5.91 Å². The average Bonchev–Trinajstić information content (AvgIpc) is 3.21. The molecule has 1 aliphatic rings. The molecular weight excluding hydrogens is 385 g/mol. The van der Waals surface area contributed by atoms with Crippen LogP contribution in [0.5, 0.6) is 5.75 Å².